The average Bonchev–Trinajstić information content (AvgIpc) is 2.78. The molecule has 1 aliphatic heterocycles. The van der Waals surface area contributed by atoms with Crippen molar-refractivity contribution in [3.63, 3.8) is 0 Å². The molecule has 6 heteroatoms. The number of benzene rings is 1. The maximum atomic E-state index is 13.5. The molecule has 2 amide bonds. The van der Waals surface area contributed by atoms with E-state index >= 15 is 0 Å². The summed E-state index contributed by atoms with van der Waals surface area (Å²) < 4.78 is 0. The third-order valence-corrected chi connectivity index (χ3v) is 6.66. The molecule has 1 aromatic heterocycles. The van der Waals surface area contributed by atoms with E-state index in [1.165, 1.54) is 32.1 Å². The van der Waals surface area contributed by atoms with Gasteiger partial charge < -0.3 is 10.2 Å². The molecule has 1 aliphatic carbocycles. The van der Waals surface area contributed by atoms with Gasteiger partial charge in [-0.15, -0.1) is 0 Å². The molecule has 2 aromatic rings. The van der Waals surface area contributed by atoms with Crippen molar-refractivity contribution >= 4 is 28.4 Å². The van der Waals surface area contributed by atoms with E-state index in [1.807, 2.05) is 49.9 Å². The second-order valence-electron chi connectivity index (χ2n) is 9.31. The standard InChI is InChI=1S/C25H34N4O2/c1-17(2)24(30)27-19-15-22(21-10-9-18(3)26-23(21)16-19)25(31)29-13-11-28(12-14-29)20-7-5-4-6-8-20/h9-10,15-17,20H,4-8,11-14H2,1-3H3,(H,27,30). The fourth-order valence-electron chi connectivity index (χ4n) is 4.78. The Labute approximate surface area is 185 Å². The lowest BCUT2D eigenvalue weighted by atomic mass is 9.94. The van der Waals surface area contributed by atoms with Gasteiger partial charge in [-0.1, -0.05) is 39.2 Å². The molecule has 166 valence electrons. The van der Waals surface area contributed by atoms with E-state index in [1.54, 1.807) is 0 Å². The number of fused-ring (bicyclic) bond motifs is 1. The smallest absolute Gasteiger partial charge is 0.254 e. The Kier molecular flexibility index (Phi) is 6.56. The average molecular weight is 423 g/mol. The fraction of sp³-hybridized carbons (Fsp3) is 0.560. The van der Waals surface area contributed by atoms with Gasteiger partial charge in [-0.2, -0.15) is 0 Å². The molecule has 1 N–H and O–H groups in total. The minimum Gasteiger partial charge on any atom is -0.336 e. The second-order valence-corrected chi connectivity index (χ2v) is 9.31. The quantitative estimate of drug-likeness (QED) is 0.801. The Morgan fingerprint density at radius 1 is 1.03 bits per heavy atom. The van der Waals surface area contributed by atoms with Crippen molar-refractivity contribution in [2.24, 2.45) is 5.92 Å². The number of hydrogen-bond donors (Lipinski definition) is 1. The highest BCUT2D eigenvalue weighted by atomic mass is 16.2. The third-order valence-electron chi connectivity index (χ3n) is 6.66. The van der Waals surface area contributed by atoms with Crippen LogP contribution in [0.3, 0.4) is 0 Å². The van der Waals surface area contributed by atoms with Crippen molar-refractivity contribution in [1.29, 1.82) is 0 Å². The minimum atomic E-state index is -0.131. The maximum Gasteiger partial charge on any atom is 0.254 e. The Balaban J connectivity index is 1.56. The molecule has 31 heavy (non-hydrogen) atoms. The molecule has 2 heterocycles. The first kappa shape index (κ1) is 21.8. The number of amides is 2. The lowest BCUT2D eigenvalue weighted by Gasteiger charge is -2.40. The summed E-state index contributed by atoms with van der Waals surface area (Å²) in [6.07, 6.45) is 6.61. The number of carbonyl (C=O) groups excluding carboxylic acids is 2. The van der Waals surface area contributed by atoms with Crippen LogP contribution < -0.4 is 5.32 Å². The minimum absolute atomic E-state index is 0.0274. The molecule has 0 unspecified atom stereocenters. The van der Waals surface area contributed by atoms with E-state index in [0.717, 1.165) is 42.8 Å². The van der Waals surface area contributed by atoms with Crippen molar-refractivity contribution in [1.82, 2.24) is 14.8 Å². The summed E-state index contributed by atoms with van der Waals surface area (Å²) in [5.41, 5.74) is 2.88. The van der Waals surface area contributed by atoms with Gasteiger partial charge >= 0.3 is 0 Å². The lowest BCUT2D eigenvalue weighted by molar-refractivity contribution is -0.118. The Morgan fingerprint density at radius 2 is 1.74 bits per heavy atom. The topological polar surface area (TPSA) is 65.5 Å². The highest BCUT2D eigenvalue weighted by Crippen LogP contribution is 2.27. The molecule has 0 atom stereocenters. The van der Waals surface area contributed by atoms with Gasteiger partial charge in [0.15, 0.2) is 0 Å². The predicted molar refractivity (Wildman–Crippen MR) is 124 cm³/mol. The Bertz CT molecular complexity index is 957. The van der Waals surface area contributed by atoms with Crippen LogP contribution in [0.25, 0.3) is 10.9 Å². The predicted octanol–water partition coefficient (Wildman–Crippen LogP) is 4.23. The summed E-state index contributed by atoms with van der Waals surface area (Å²) in [5.74, 6) is -0.167. The van der Waals surface area contributed by atoms with Crippen LogP contribution in [0.2, 0.25) is 0 Å². The molecule has 2 aliphatic rings. The van der Waals surface area contributed by atoms with Gasteiger partial charge in [0.1, 0.15) is 0 Å². The molecule has 4 rings (SSSR count). The number of aryl methyl sites for hydroxylation is 1. The van der Waals surface area contributed by atoms with E-state index in [0.29, 0.717) is 17.3 Å². The zero-order valence-electron chi connectivity index (χ0n) is 19.0. The zero-order chi connectivity index (χ0) is 22.0. The van der Waals surface area contributed by atoms with Gasteiger partial charge in [0.25, 0.3) is 5.91 Å². The van der Waals surface area contributed by atoms with Crippen LogP contribution in [0.4, 0.5) is 5.69 Å². The van der Waals surface area contributed by atoms with Gasteiger partial charge in [-0.25, -0.2) is 0 Å². The molecule has 2 fully saturated rings. The first-order valence-corrected chi connectivity index (χ1v) is 11.7. The summed E-state index contributed by atoms with van der Waals surface area (Å²) in [6.45, 7) is 9.03. The highest BCUT2D eigenvalue weighted by molar-refractivity contribution is 6.08. The van der Waals surface area contributed by atoms with Crippen molar-refractivity contribution in [3.8, 4) is 0 Å². The molecule has 0 spiro atoms. The van der Waals surface area contributed by atoms with Crippen LogP contribution >= 0.6 is 0 Å². The zero-order valence-corrected chi connectivity index (χ0v) is 19.0. The van der Waals surface area contributed by atoms with E-state index in [9.17, 15) is 9.59 Å². The van der Waals surface area contributed by atoms with E-state index in [2.05, 4.69) is 15.2 Å². The molecule has 0 radical (unpaired) electrons. The van der Waals surface area contributed by atoms with Crippen molar-refractivity contribution < 1.29 is 9.59 Å². The van der Waals surface area contributed by atoms with Gasteiger partial charge in [0, 0.05) is 54.9 Å². The SMILES string of the molecule is Cc1ccc2c(C(=O)N3CCN(C4CCCCC4)CC3)cc(NC(=O)C(C)C)cc2n1. The summed E-state index contributed by atoms with van der Waals surface area (Å²) in [5, 5.41) is 3.78. The van der Waals surface area contributed by atoms with E-state index in [-0.39, 0.29) is 17.7 Å². The van der Waals surface area contributed by atoms with E-state index in [4.69, 9.17) is 0 Å². The largest absolute Gasteiger partial charge is 0.336 e. The number of nitrogens with zero attached hydrogens (tertiary/aromatic N) is 3. The van der Waals surface area contributed by atoms with Crippen LogP contribution in [-0.4, -0.2) is 58.8 Å². The van der Waals surface area contributed by atoms with Crippen LogP contribution in [0, 0.1) is 12.8 Å². The van der Waals surface area contributed by atoms with Crippen LogP contribution in [-0.2, 0) is 4.79 Å². The Hall–Kier alpha value is -2.47. The molecular weight excluding hydrogens is 388 g/mol. The first-order valence-electron chi connectivity index (χ1n) is 11.7. The lowest BCUT2D eigenvalue weighted by Crippen LogP contribution is -2.52. The van der Waals surface area contributed by atoms with Crippen molar-refractivity contribution in [3.05, 3.63) is 35.5 Å². The summed E-state index contributed by atoms with van der Waals surface area (Å²) in [4.78, 5) is 34.9. The van der Waals surface area contributed by atoms with Crippen LogP contribution in [0.5, 0.6) is 0 Å². The number of pyridine rings is 1. The monoisotopic (exact) mass is 422 g/mol. The van der Waals surface area contributed by atoms with Gasteiger partial charge in [0.05, 0.1) is 11.1 Å². The van der Waals surface area contributed by atoms with Crippen LogP contribution in [0.15, 0.2) is 24.3 Å². The van der Waals surface area contributed by atoms with Gasteiger partial charge in [-0.3, -0.25) is 19.5 Å². The normalized spacial score (nSPS) is 18.5. The van der Waals surface area contributed by atoms with Crippen molar-refractivity contribution in [2.75, 3.05) is 31.5 Å². The number of nitrogens with one attached hydrogen (secondary N) is 1. The number of rotatable bonds is 4. The Morgan fingerprint density at radius 3 is 2.42 bits per heavy atom. The molecular formula is C25H34N4O2. The molecule has 0 bridgehead atoms. The van der Waals surface area contributed by atoms with E-state index < -0.39 is 0 Å². The molecule has 1 saturated heterocycles. The van der Waals surface area contributed by atoms with Gasteiger partial charge in [-0.05, 0) is 38.0 Å². The second kappa shape index (κ2) is 9.35. The number of hydrogen-bond acceptors (Lipinski definition) is 4. The summed E-state index contributed by atoms with van der Waals surface area (Å²) >= 11 is 0. The molecule has 6 nitrogen and oxygen atoms in total. The molecule has 1 saturated carbocycles. The number of piperazine rings is 1. The maximum absolute atomic E-state index is 13.5. The molecule has 1 aromatic carbocycles. The number of carbonyl (C=O) groups is 2. The van der Waals surface area contributed by atoms with Crippen molar-refractivity contribution in [2.45, 2.75) is 58.9 Å². The number of aromatic nitrogens is 1. The number of anilines is 1. The highest BCUT2D eigenvalue weighted by Gasteiger charge is 2.28. The van der Waals surface area contributed by atoms with Crippen LogP contribution in [0.1, 0.15) is 62.0 Å². The summed E-state index contributed by atoms with van der Waals surface area (Å²) in [7, 11) is 0. The fourth-order valence-corrected chi connectivity index (χ4v) is 4.78. The third kappa shape index (κ3) is 4.90. The van der Waals surface area contributed by atoms with Gasteiger partial charge in [0.2, 0.25) is 5.91 Å². The first-order chi connectivity index (χ1) is 14.9. The summed E-state index contributed by atoms with van der Waals surface area (Å²) in [6, 6.07) is 8.27.